The molecule has 92 valence electrons. The van der Waals surface area contributed by atoms with Crippen LogP contribution in [0.2, 0.25) is 0 Å². The van der Waals surface area contributed by atoms with E-state index in [9.17, 15) is 9.59 Å². The Labute approximate surface area is 99.9 Å². The number of pyridine rings is 1. The molecule has 0 atom stereocenters. The number of nitrogens with zero attached hydrogens (tertiary/aromatic N) is 1. The van der Waals surface area contributed by atoms with Gasteiger partial charge in [0.05, 0.1) is 11.3 Å². The number of aryl methyl sites for hydroxylation is 2. The molecule has 1 heterocycles. The standard InChI is InChI=1S/C12H16N2O3/c1-7-5-6-9(8(2)13-7)10(15)14-12(3,4)11(16)17/h5-6H,1-4H3,(H,14,15)(H,16,17). The fourth-order valence-corrected chi connectivity index (χ4v) is 1.33. The van der Waals surface area contributed by atoms with Crippen LogP contribution in [0.3, 0.4) is 0 Å². The summed E-state index contributed by atoms with van der Waals surface area (Å²) in [7, 11) is 0. The fourth-order valence-electron chi connectivity index (χ4n) is 1.33. The van der Waals surface area contributed by atoms with Crippen LogP contribution < -0.4 is 5.32 Å². The van der Waals surface area contributed by atoms with E-state index in [0.717, 1.165) is 5.69 Å². The predicted molar refractivity (Wildman–Crippen MR) is 62.9 cm³/mol. The van der Waals surface area contributed by atoms with Crippen LogP contribution in [-0.4, -0.2) is 27.5 Å². The molecule has 0 bridgehead atoms. The van der Waals surface area contributed by atoms with E-state index in [0.29, 0.717) is 11.3 Å². The number of nitrogens with one attached hydrogen (secondary N) is 1. The van der Waals surface area contributed by atoms with Crippen molar-refractivity contribution in [3.05, 3.63) is 29.1 Å². The van der Waals surface area contributed by atoms with Crippen LogP contribution in [0.5, 0.6) is 0 Å². The monoisotopic (exact) mass is 236 g/mol. The van der Waals surface area contributed by atoms with E-state index in [1.54, 1.807) is 19.1 Å². The number of hydrogen-bond acceptors (Lipinski definition) is 3. The molecule has 0 aromatic carbocycles. The topological polar surface area (TPSA) is 79.3 Å². The van der Waals surface area contributed by atoms with Gasteiger partial charge in [0.2, 0.25) is 0 Å². The Hall–Kier alpha value is -1.91. The molecule has 0 radical (unpaired) electrons. The molecule has 17 heavy (non-hydrogen) atoms. The largest absolute Gasteiger partial charge is 0.480 e. The van der Waals surface area contributed by atoms with Crippen molar-refractivity contribution in [3.8, 4) is 0 Å². The fraction of sp³-hybridized carbons (Fsp3) is 0.417. The summed E-state index contributed by atoms with van der Waals surface area (Å²) in [5.74, 6) is -1.51. The van der Waals surface area contributed by atoms with E-state index in [2.05, 4.69) is 10.3 Å². The average molecular weight is 236 g/mol. The van der Waals surface area contributed by atoms with E-state index in [4.69, 9.17) is 5.11 Å². The third-order valence-corrected chi connectivity index (χ3v) is 2.43. The first-order chi connectivity index (χ1) is 7.74. The van der Waals surface area contributed by atoms with Crippen LogP contribution >= 0.6 is 0 Å². The van der Waals surface area contributed by atoms with Crippen molar-refractivity contribution in [3.63, 3.8) is 0 Å². The SMILES string of the molecule is Cc1ccc(C(=O)NC(C)(C)C(=O)O)c(C)n1. The number of carboxylic acids is 1. The van der Waals surface area contributed by atoms with Crippen LogP contribution in [0, 0.1) is 13.8 Å². The third kappa shape index (κ3) is 3.03. The second-order valence-corrected chi connectivity index (χ2v) is 4.47. The molecule has 0 aliphatic heterocycles. The molecule has 1 rings (SSSR count). The van der Waals surface area contributed by atoms with Gasteiger partial charge in [0.1, 0.15) is 5.54 Å². The molecule has 5 heteroatoms. The summed E-state index contributed by atoms with van der Waals surface area (Å²) in [6.45, 7) is 6.42. The van der Waals surface area contributed by atoms with Crippen molar-refractivity contribution in [2.75, 3.05) is 0 Å². The Kier molecular flexibility index (Phi) is 3.50. The maximum atomic E-state index is 11.9. The summed E-state index contributed by atoms with van der Waals surface area (Å²) < 4.78 is 0. The first kappa shape index (κ1) is 13.2. The van der Waals surface area contributed by atoms with Crippen molar-refractivity contribution in [2.24, 2.45) is 0 Å². The first-order valence-electron chi connectivity index (χ1n) is 5.24. The zero-order valence-corrected chi connectivity index (χ0v) is 10.4. The lowest BCUT2D eigenvalue weighted by Crippen LogP contribution is -2.49. The number of carbonyl (C=O) groups is 2. The Morgan fingerprint density at radius 1 is 1.29 bits per heavy atom. The third-order valence-electron chi connectivity index (χ3n) is 2.43. The van der Waals surface area contributed by atoms with Gasteiger partial charge in [0.15, 0.2) is 0 Å². The summed E-state index contributed by atoms with van der Waals surface area (Å²) in [5, 5.41) is 11.4. The Balaban J connectivity index is 2.95. The van der Waals surface area contributed by atoms with Gasteiger partial charge < -0.3 is 10.4 Å². The molecule has 5 nitrogen and oxygen atoms in total. The van der Waals surface area contributed by atoms with Crippen molar-refractivity contribution in [1.29, 1.82) is 0 Å². The summed E-state index contributed by atoms with van der Waals surface area (Å²) in [6.07, 6.45) is 0. The van der Waals surface area contributed by atoms with Crippen LogP contribution in [0.15, 0.2) is 12.1 Å². The number of aliphatic carboxylic acids is 1. The number of carboxylic acid groups (broad SMARTS) is 1. The zero-order chi connectivity index (χ0) is 13.2. The lowest BCUT2D eigenvalue weighted by atomic mass is 10.0. The molecule has 0 spiro atoms. The van der Waals surface area contributed by atoms with Gasteiger partial charge >= 0.3 is 5.97 Å². The van der Waals surface area contributed by atoms with Gasteiger partial charge in [-0.25, -0.2) is 4.79 Å². The number of aromatic nitrogens is 1. The lowest BCUT2D eigenvalue weighted by molar-refractivity contribution is -0.143. The highest BCUT2D eigenvalue weighted by atomic mass is 16.4. The predicted octanol–water partition coefficient (Wildman–Crippen LogP) is 1.29. The summed E-state index contributed by atoms with van der Waals surface area (Å²) in [5.41, 5.74) is 0.499. The number of carbonyl (C=O) groups excluding carboxylic acids is 1. The van der Waals surface area contributed by atoms with Crippen LogP contribution in [0.4, 0.5) is 0 Å². The molecule has 0 unspecified atom stereocenters. The summed E-state index contributed by atoms with van der Waals surface area (Å²) in [4.78, 5) is 26.9. The molecule has 1 aromatic rings. The lowest BCUT2D eigenvalue weighted by Gasteiger charge is -2.21. The molecule has 0 saturated heterocycles. The van der Waals surface area contributed by atoms with Crippen molar-refractivity contribution in [2.45, 2.75) is 33.2 Å². The highest BCUT2D eigenvalue weighted by Crippen LogP contribution is 2.09. The Morgan fingerprint density at radius 2 is 1.88 bits per heavy atom. The molecular weight excluding hydrogens is 220 g/mol. The minimum Gasteiger partial charge on any atom is -0.480 e. The maximum absolute atomic E-state index is 11.9. The average Bonchev–Trinajstić information content (AvgIpc) is 2.15. The van der Waals surface area contributed by atoms with E-state index in [1.807, 2.05) is 6.92 Å². The van der Waals surface area contributed by atoms with Crippen LogP contribution in [0.25, 0.3) is 0 Å². The van der Waals surface area contributed by atoms with E-state index < -0.39 is 17.4 Å². The molecule has 2 N–H and O–H groups in total. The van der Waals surface area contributed by atoms with E-state index in [1.165, 1.54) is 13.8 Å². The maximum Gasteiger partial charge on any atom is 0.328 e. The van der Waals surface area contributed by atoms with Gasteiger partial charge in [-0.05, 0) is 39.8 Å². The second kappa shape index (κ2) is 4.53. The minimum absolute atomic E-state index is 0.393. The quantitative estimate of drug-likeness (QED) is 0.828. The van der Waals surface area contributed by atoms with Gasteiger partial charge in [-0.3, -0.25) is 9.78 Å². The Bertz CT molecular complexity index is 467. The highest BCUT2D eigenvalue weighted by molar-refractivity contribution is 5.98. The van der Waals surface area contributed by atoms with Gasteiger partial charge in [-0.15, -0.1) is 0 Å². The molecule has 1 amide bonds. The highest BCUT2D eigenvalue weighted by Gasteiger charge is 2.29. The van der Waals surface area contributed by atoms with Crippen LogP contribution in [-0.2, 0) is 4.79 Å². The smallest absolute Gasteiger partial charge is 0.328 e. The van der Waals surface area contributed by atoms with Crippen molar-refractivity contribution >= 4 is 11.9 Å². The van der Waals surface area contributed by atoms with Gasteiger partial charge in [-0.2, -0.15) is 0 Å². The number of rotatable bonds is 3. The van der Waals surface area contributed by atoms with E-state index >= 15 is 0 Å². The summed E-state index contributed by atoms with van der Waals surface area (Å²) in [6, 6.07) is 3.36. The normalized spacial score (nSPS) is 11.1. The number of amides is 1. The molecule has 0 aliphatic rings. The van der Waals surface area contributed by atoms with Gasteiger partial charge in [0, 0.05) is 5.69 Å². The zero-order valence-electron chi connectivity index (χ0n) is 10.4. The van der Waals surface area contributed by atoms with Gasteiger partial charge in [0.25, 0.3) is 5.91 Å². The van der Waals surface area contributed by atoms with Crippen molar-refractivity contribution in [1.82, 2.24) is 10.3 Å². The minimum atomic E-state index is -1.30. The Morgan fingerprint density at radius 3 is 2.35 bits per heavy atom. The second-order valence-electron chi connectivity index (χ2n) is 4.47. The van der Waals surface area contributed by atoms with Gasteiger partial charge in [-0.1, -0.05) is 0 Å². The number of hydrogen-bond donors (Lipinski definition) is 2. The molecule has 0 saturated carbocycles. The first-order valence-corrected chi connectivity index (χ1v) is 5.24. The summed E-state index contributed by atoms with van der Waals surface area (Å²) >= 11 is 0. The molecule has 0 fully saturated rings. The molecule has 0 aliphatic carbocycles. The molecule has 1 aromatic heterocycles. The van der Waals surface area contributed by atoms with Crippen LogP contribution in [0.1, 0.15) is 35.6 Å². The van der Waals surface area contributed by atoms with Crippen molar-refractivity contribution < 1.29 is 14.7 Å². The molecular formula is C12H16N2O3. The van der Waals surface area contributed by atoms with E-state index in [-0.39, 0.29) is 0 Å².